The summed E-state index contributed by atoms with van der Waals surface area (Å²) < 4.78 is 10.9. The van der Waals surface area contributed by atoms with Gasteiger partial charge in [0.2, 0.25) is 0 Å². The first-order chi connectivity index (χ1) is 16.4. The third kappa shape index (κ3) is 4.70. The van der Waals surface area contributed by atoms with Gasteiger partial charge in [-0.25, -0.2) is 0 Å². The first-order valence-electron chi connectivity index (χ1n) is 11.1. The minimum Gasteiger partial charge on any atom is -0.507 e. The van der Waals surface area contributed by atoms with E-state index in [1.165, 1.54) is 4.90 Å². The van der Waals surface area contributed by atoms with Crippen molar-refractivity contribution in [2.45, 2.75) is 39.2 Å². The monoisotopic (exact) mass is 480 g/mol. The van der Waals surface area contributed by atoms with Crippen LogP contribution < -0.4 is 9.64 Å². The van der Waals surface area contributed by atoms with Crippen LogP contribution in [0.25, 0.3) is 5.76 Å². The summed E-state index contributed by atoms with van der Waals surface area (Å²) in [4.78, 5) is 27.4. The second-order valence-corrected chi connectivity index (χ2v) is 8.53. The van der Waals surface area contributed by atoms with E-state index in [0.717, 1.165) is 19.3 Å². The van der Waals surface area contributed by atoms with E-state index in [1.807, 2.05) is 0 Å². The Balaban J connectivity index is 1.76. The van der Waals surface area contributed by atoms with Gasteiger partial charge in [-0.15, -0.1) is 0 Å². The van der Waals surface area contributed by atoms with Crippen LogP contribution in [0, 0.1) is 6.92 Å². The highest BCUT2D eigenvalue weighted by molar-refractivity contribution is 6.51. The number of carbonyl (C=O) groups is 2. The molecule has 176 valence electrons. The number of unbranched alkanes of at least 4 members (excludes halogenated alkanes) is 2. The number of anilines is 1. The molecule has 1 aromatic heterocycles. The lowest BCUT2D eigenvalue weighted by molar-refractivity contribution is -0.132. The molecule has 0 radical (unpaired) electrons. The Morgan fingerprint density at radius 2 is 1.82 bits per heavy atom. The zero-order valence-electron chi connectivity index (χ0n) is 19.0. The first kappa shape index (κ1) is 23.6. The molecule has 4 rings (SSSR count). The normalized spacial score (nSPS) is 17.4. The van der Waals surface area contributed by atoms with Crippen molar-refractivity contribution in [2.75, 3.05) is 11.5 Å². The zero-order valence-corrected chi connectivity index (χ0v) is 19.7. The standard InChI is InChI=1S/C26H25ClN2O5/c1-3-4-5-14-33-20-12-8-17(9-13-20)23-22(24(30)18-6-10-19(27)11-7-18)25(31)26(32)29(23)21-15-16(2)34-28-21/h6-13,15,23,30H,3-5,14H2,1-2H3/b24-22+/t23-/m1/s1. The van der Waals surface area contributed by atoms with E-state index in [9.17, 15) is 14.7 Å². The molecule has 1 fully saturated rings. The zero-order chi connectivity index (χ0) is 24.2. The summed E-state index contributed by atoms with van der Waals surface area (Å²) in [6, 6.07) is 14.2. The Morgan fingerprint density at radius 3 is 2.44 bits per heavy atom. The third-order valence-corrected chi connectivity index (χ3v) is 5.89. The van der Waals surface area contributed by atoms with E-state index in [1.54, 1.807) is 61.5 Å². The van der Waals surface area contributed by atoms with Gasteiger partial charge in [-0.2, -0.15) is 0 Å². The fraction of sp³-hybridized carbons (Fsp3) is 0.269. The van der Waals surface area contributed by atoms with Gasteiger partial charge in [0.1, 0.15) is 17.3 Å². The molecule has 8 heteroatoms. The smallest absolute Gasteiger partial charge is 0.301 e. The number of aryl methyl sites for hydroxylation is 1. The maximum atomic E-state index is 13.1. The Morgan fingerprint density at radius 1 is 1.12 bits per heavy atom. The van der Waals surface area contributed by atoms with Crippen LogP contribution in [0.1, 0.15) is 49.1 Å². The Kier molecular flexibility index (Phi) is 7.03. The molecule has 0 spiro atoms. The highest BCUT2D eigenvalue weighted by atomic mass is 35.5. The fourth-order valence-electron chi connectivity index (χ4n) is 3.90. The number of aliphatic hydroxyl groups excluding tert-OH is 1. The van der Waals surface area contributed by atoms with Crippen molar-refractivity contribution >= 4 is 34.9 Å². The van der Waals surface area contributed by atoms with Gasteiger partial charge in [-0.05, 0) is 55.3 Å². The number of hydrogen-bond acceptors (Lipinski definition) is 6. The van der Waals surface area contributed by atoms with E-state index in [-0.39, 0.29) is 17.2 Å². The van der Waals surface area contributed by atoms with Crippen molar-refractivity contribution in [3.63, 3.8) is 0 Å². The van der Waals surface area contributed by atoms with Gasteiger partial charge >= 0.3 is 5.91 Å². The Hall–Kier alpha value is -3.58. The summed E-state index contributed by atoms with van der Waals surface area (Å²) in [5.74, 6) is -0.523. The number of rotatable bonds is 8. The van der Waals surface area contributed by atoms with E-state index in [2.05, 4.69) is 12.1 Å². The molecule has 2 heterocycles. The number of halogens is 1. The molecule has 2 aromatic carbocycles. The largest absolute Gasteiger partial charge is 0.507 e. The number of benzene rings is 2. The maximum Gasteiger partial charge on any atom is 0.301 e. The van der Waals surface area contributed by atoms with Crippen LogP contribution in [0.3, 0.4) is 0 Å². The van der Waals surface area contributed by atoms with Crippen molar-refractivity contribution in [1.82, 2.24) is 5.16 Å². The lowest BCUT2D eigenvalue weighted by Crippen LogP contribution is -2.29. The predicted octanol–water partition coefficient (Wildman–Crippen LogP) is 5.83. The van der Waals surface area contributed by atoms with Gasteiger partial charge in [-0.3, -0.25) is 14.5 Å². The summed E-state index contributed by atoms with van der Waals surface area (Å²) in [6.07, 6.45) is 3.16. The average Bonchev–Trinajstić information content (AvgIpc) is 3.37. The van der Waals surface area contributed by atoms with Gasteiger partial charge in [-0.1, -0.05) is 48.7 Å². The summed E-state index contributed by atoms with van der Waals surface area (Å²) in [6.45, 7) is 4.44. The molecular weight excluding hydrogens is 456 g/mol. The number of Topliss-reactive ketones (excluding diaryl/α,β-unsaturated/α-hetero) is 1. The number of ketones is 1. The van der Waals surface area contributed by atoms with Gasteiger partial charge in [0, 0.05) is 16.7 Å². The topological polar surface area (TPSA) is 92.9 Å². The molecule has 0 bridgehead atoms. The summed E-state index contributed by atoms with van der Waals surface area (Å²) in [5.41, 5.74) is 0.959. The van der Waals surface area contributed by atoms with Crippen LogP contribution in [0.5, 0.6) is 5.75 Å². The molecule has 0 aliphatic carbocycles. The van der Waals surface area contributed by atoms with Gasteiger partial charge in [0.15, 0.2) is 5.82 Å². The van der Waals surface area contributed by atoms with Crippen LogP contribution in [-0.2, 0) is 9.59 Å². The van der Waals surface area contributed by atoms with Gasteiger partial charge < -0.3 is 14.4 Å². The second-order valence-electron chi connectivity index (χ2n) is 8.10. The minimum absolute atomic E-state index is 0.0374. The molecule has 0 saturated carbocycles. The number of amides is 1. The first-order valence-corrected chi connectivity index (χ1v) is 11.5. The molecule has 0 unspecified atom stereocenters. The van der Waals surface area contributed by atoms with E-state index < -0.39 is 17.7 Å². The number of ether oxygens (including phenoxy) is 1. The van der Waals surface area contributed by atoms with Crippen LogP contribution in [0.15, 0.2) is 64.7 Å². The molecule has 1 aliphatic heterocycles. The second kappa shape index (κ2) is 10.1. The minimum atomic E-state index is -0.894. The number of nitrogens with zero attached hydrogens (tertiary/aromatic N) is 2. The number of aromatic nitrogens is 1. The molecule has 1 saturated heterocycles. The van der Waals surface area contributed by atoms with E-state index in [4.69, 9.17) is 20.9 Å². The fourth-order valence-corrected chi connectivity index (χ4v) is 4.03. The van der Waals surface area contributed by atoms with Crippen molar-refractivity contribution in [3.8, 4) is 5.75 Å². The summed E-state index contributed by atoms with van der Waals surface area (Å²) in [5, 5.41) is 15.5. The Labute approximate surface area is 202 Å². The summed E-state index contributed by atoms with van der Waals surface area (Å²) in [7, 11) is 0. The van der Waals surface area contributed by atoms with E-state index >= 15 is 0 Å². The SMILES string of the molecule is CCCCCOc1ccc([C@@H]2/C(=C(\O)c3ccc(Cl)cc3)C(=O)C(=O)N2c2cc(C)on2)cc1. The molecular formula is C26H25ClN2O5. The van der Waals surface area contributed by atoms with Crippen molar-refractivity contribution in [3.05, 3.63) is 82.1 Å². The highest BCUT2D eigenvalue weighted by Crippen LogP contribution is 2.42. The van der Waals surface area contributed by atoms with Crippen LogP contribution in [-0.4, -0.2) is 28.6 Å². The van der Waals surface area contributed by atoms with Gasteiger partial charge in [0.25, 0.3) is 5.78 Å². The third-order valence-electron chi connectivity index (χ3n) is 5.64. The molecule has 34 heavy (non-hydrogen) atoms. The molecule has 1 aliphatic rings. The van der Waals surface area contributed by atoms with Crippen LogP contribution in [0.2, 0.25) is 5.02 Å². The van der Waals surface area contributed by atoms with Crippen LogP contribution >= 0.6 is 11.6 Å². The molecule has 7 nitrogen and oxygen atoms in total. The quantitative estimate of drug-likeness (QED) is 0.189. The lowest BCUT2D eigenvalue weighted by Gasteiger charge is -2.23. The average molecular weight is 481 g/mol. The Bertz CT molecular complexity index is 1210. The lowest BCUT2D eigenvalue weighted by atomic mass is 9.95. The highest BCUT2D eigenvalue weighted by Gasteiger charge is 2.48. The van der Waals surface area contributed by atoms with Crippen molar-refractivity contribution < 1.29 is 24.0 Å². The molecule has 3 aromatic rings. The van der Waals surface area contributed by atoms with Gasteiger partial charge in [0.05, 0.1) is 18.2 Å². The number of carbonyl (C=O) groups excluding carboxylic acids is 2. The van der Waals surface area contributed by atoms with E-state index in [0.29, 0.717) is 34.3 Å². The maximum absolute atomic E-state index is 13.1. The number of hydrogen-bond donors (Lipinski definition) is 1. The summed E-state index contributed by atoms with van der Waals surface area (Å²) >= 11 is 5.97. The van der Waals surface area contributed by atoms with Crippen molar-refractivity contribution in [1.29, 1.82) is 0 Å². The molecule has 1 atom stereocenters. The predicted molar refractivity (Wildman–Crippen MR) is 129 cm³/mol. The molecule has 1 N–H and O–H groups in total. The van der Waals surface area contributed by atoms with Crippen molar-refractivity contribution in [2.24, 2.45) is 0 Å². The van der Waals surface area contributed by atoms with Crippen LogP contribution in [0.4, 0.5) is 5.82 Å². The number of aliphatic hydroxyl groups is 1. The molecule has 1 amide bonds.